The van der Waals surface area contributed by atoms with E-state index in [2.05, 4.69) is 55.1 Å². The third kappa shape index (κ3) is 5.97. The molecule has 0 saturated carbocycles. The standard InChI is InChI=1S/C16H33N2Si/c1-6-7-9-18(10-8-11-19)14-12-15(2,3)17-16(4,5)13-14/h14,17H,6-13H2,1-5H3. The maximum Gasteiger partial charge on any atom is 0.0222 e. The van der Waals surface area contributed by atoms with Crippen molar-refractivity contribution < 1.29 is 0 Å². The summed E-state index contributed by atoms with van der Waals surface area (Å²) in [6.07, 6.45) is 6.41. The fourth-order valence-corrected chi connectivity index (χ4v) is 3.81. The fraction of sp³-hybridized carbons (Fsp3) is 1.00. The van der Waals surface area contributed by atoms with Gasteiger partial charge in [0.05, 0.1) is 0 Å². The van der Waals surface area contributed by atoms with Crippen molar-refractivity contribution in [1.82, 2.24) is 10.2 Å². The predicted molar refractivity (Wildman–Crippen MR) is 86.0 cm³/mol. The molecule has 0 aliphatic carbocycles. The van der Waals surface area contributed by atoms with E-state index in [0.29, 0.717) is 0 Å². The maximum absolute atomic E-state index is 3.79. The minimum Gasteiger partial charge on any atom is -0.307 e. The predicted octanol–water partition coefficient (Wildman–Crippen LogP) is 3.37. The molecule has 2 nitrogen and oxygen atoms in total. The smallest absolute Gasteiger partial charge is 0.0222 e. The van der Waals surface area contributed by atoms with Gasteiger partial charge in [0.2, 0.25) is 0 Å². The van der Waals surface area contributed by atoms with Gasteiger partial charge < -0.3 is 10.2 Å². The van der Waals surface area contributed by atoms with Crippen LogP contribution in [0.5, 0.6) is 0 Å². The lowest BCUT2D eigenvalue weighted by molar-refractivity contribution is 0.0651. The number of piperidine rings is 1. The summed E-state index contributed by atoms with van der Waals surface area (Å²) in [4.78, 5) is 2.74. The molecule has 19 heavy (non-hydrogen) atoms. The average Bonchev–Trinajstić information content (AvgIpc) is 2.25. The summed E-state index contributed by atoms with van der Waals surface area (Å²) in [6, 6.07) is 1.84. The van der Waals surface area contributed by atoms with Crippen LogP contribution in [0.1, 0.15) is 66.7 Å². The van der Waals surface area contributed by atoms with Crippen molar-refractivity contribution in [2.75, 3.05) is 13.1 Å². The van der Waals surface area contributed by atoms with Crippen molar-refractivity contribution >= 4 is 10.2 Å². The van der Waals surface area contributed by atoms with Crippen LogP contribution in [0.2, 0.25) is 6.04 Å². The van der Waals surface area contributed by atoms with Crippen molar-refractivity contribution in [3.63, 3.8) is 0 Å². The molecule has 1 fully saturated rings. The van der Waals surface area contributed by atoms with Crippen LogP contribution in [-0.4, -0.2) is 45.4 Å². The Morgan fingerprint density at radius 3 is 2.05 bits per heavy atom. The lowest BCUT2D eigenvalue weighted by atomic mass is 9.79. The van der Waals surface area contributed by atoms with Gasteiger partial charge in [-0.2, -0.15) is 0 Å². The molecule has 0 aromatic heterocycles. The Labute approximate surface area is 124 Å². The zero-order valence-corrected chi connectivity index (χ0v) is 14.7. The van der Waals surface area contributed by atoms with Crippen LogP contribution >= 0.6 is 0 Å². The third-order valence-electron chi connectivity index (χ3n) is 4.11. The highest BCUT2D eigenvalue weighted by atomic mass is 28.1. The second-order valence-corrected chi connectivity index (χ2v) is 7.95. The molecular weight excluding hydrogens is 248 g/mol. The second-order valence-electron chi connectivity index (χ2n) is 7.45. The first-order chi connectivity index (χ1) is 8.79. The Hall–Kier alpha value is 0.137. The van der Waals surface area contributed by atoms with Gasteiger partial charge >= 0.3 is 0 Å². The number of hydrogen-bond donors (Lipinski definition) is 1. The van der Waals surface area contributed by atoms with Crippen molar-refractivity contribution in [2.45, 2.75) is 89.9 Å². The van der Waals surface area contributed by atoms with Crippen LogP contribution in [0.15, 0.2) is 0 Å². The molecular formula is C16H33N2Si. The summed E-state index contributed by atoms with van der Waals surface area (Å²) in [5.74, 6) is 0. The lowest BCUT2D eigenvalue weighted by Crippen LogP contribution is -2.62. The van der Waals surface area contributed by atoms with E-state index in [-0.39, 0.29) is 11.1 Å². The zero-order chi connectivity index (χ0) is 14.5. The molecule has 0 spiro atoms. The fourth-order valence-electron chi connectivity index (χ4n) is 3.65. The van der Waals surface area contributed by atoms with Crippen LogP contribution in [0.4, 0.5) is 0 Å². The molecule has 3 radical (unpaired) electrons. The Morgan fingerprint density at radius 2 is 1.58 bits per heavy atom. The molecule has 1 aliphatic rings. The first-order valence-electron chi connectivity index (χ1n) is 7.97. The second kappa shape index (κ2) is 7.23. The normalized spacial score (nSPS) is 22.9. The number of nitrogens with zero attached hydrogens (tertiary/aromatic N) is 1. The minimum absolute atomic E-state index is 0.255. The molecule has 0 aromatic rings. The van der Waals surface area contributed by atoms with E-state index in [1.54, 1.807) is 0 Å². The van der Waals surface area contributed by atoms with Crippen LogP contribution in [0, 0.1) is 0 Å². The summed E-state index contributed by atoms with van der Waals surface area (Å²) in [7, 11) is 3.62. The van der Waals surface area contributed by atoms with E-state index in [9.17, 15) is 0 Å². The van der Waals surface area contributed by atoms with E-state index in [0.717, 1.165) is 12.1 Å². The highest BCUT2D eigenvalue weighted by Gasteiger charge is 2.39. The van der Waals surface area contributed by atoms with Gasteiger partial charge in [0.25, 0.3) is 0 Å². The van der Waals surface area contributed by atoms with Gasteiger partial charge in [-0.1, -0.05) is 19.4 Å². The third-order valence-corrected chi connectivity index (χ3v) is 4.46. The monoisotopic (exact) mass is 281 g/mol. The highest BCUT2D eigenvalue weighted by molar-refractivity contribution is 6.08. The van der Waals surface area contributed by atoms with Gasteiger partial charge in [-0.05, 0) is 66.5 Å². The molecule has 1 saturated heterocycles. The molecule has 0 aromatic carbocycles. The summed E-state index contributed by atoms with van der Waals surface area (Å²) in [6.45, 7) is 14.2. The molecule has 1 heterocycles. The zero-order valence-electron chi connectivity index (χ0n) is 13.7. The maximum atomic E-state index is 3.79. The van der Waals surface area contributed by atoms with Gasteiger partial charge in [-0.15, -0.1) is 0 Å². The van der Waals surface area contributed by atoms with E-state index >= 15 is 0 Å². The van der Waals surface area contributed by atoms with Gasteiger partial charge in [-0.3, -0.25) is 0 Å². The van der Waals surface area contributed by atoms with Crippen LogP contribution in [0.3, 0.4) is 0 Å². The summed E-state index contributed by atoms with van der Waals surface area (Å²) in [5.41, 5.74) is 0.510. The average molecular weight is 282 g/mol. The highest BCUT2D eigenvalue weighted by Crippen LogP contribution is 2.31. The Morgan fingerprint density at radius 1 is 1.05 bits per heavy atom. The lowest BCUT2D eigenvalue weighted by Gasteiger charge is -2.50. The molecule has 1 N–H and O–H groups in total. The molecule has 3 heteroatoms. The van der Waals surface area contributed by atoms with Crippen molar-refractivity contribution in [1.29, 1.82) is 0 Å². The molecule has 111 valence electrons. The molecule has 0 amide bonds. The van der Waals surface area contributed by atoms with E-state index in [1.165, 1.54) is 45.2 Å². The first kappa shape index (κ1) is 17.2. The number of nitrogens with one attached hydrogen (secondary N) is 1. The Balaban J connectivity index is 2.69. The first-order valence-corrected chi connectivity index (χ1v) is 8.68. The number of rotatable bonds is 7. The topological polar surface area (TPSA) is 15.3 Å². The Kier molecular flexibility index (Phi) is 6.54. The van der Waals surface area contributed by atoms with Gasteiger partial charge in [0.1, 0.15) is 0 Å². The SMILES string of the molecule is CCCCN(CCC[Si])C1CC(C)(C)NC(C)(C)C1. The molecule has 0 atom stereocenters. The van der Waals surface area contributed by atoms with Crippen molar-refractivity contribution in [3.05, 3.63) is 0 Å². The number of unbranched alkanes of at least 4 members (excludes halogenated alkanes) is 1. The van der Waals surface area contributed by atoms with E-state index in [4.69, 9.17) is 0 Å². The van der Waals surface area contributed by atoms with Gasteiger partial charge in [0, 0.05) is 27.4 Å². The van der Waals surface area contributed by atoms with Crippen LogP contribution < -0.4 is 5.32 Å². The van der Waals surface area contributed by atoms with Crippen molar-refractivity contribution in [3.8, 4) is 0 Å². The summed E-state index contributed by atoms with van der Waals surface area (Å²) < 4.78 is 0. The summed E-state index contributed by atoms with van der Waals surface area (Å²) >= 11 is 0. The van der Waals surface area contributed by atoms with Crippen LogP contribution in [-0.2, 0) is 0 Å². The van der Waals surface area contributed by atoms with E-state index < -0.39 is 0 Å². The minimum atomic E-state index is 0.255. The van der Waals surface area contributed by atoms with E-state index in [1.807, 2.05) is 0 Å². The molecule has 1 aliphatic heterocycles. The quantitative estimate of drug-likeness (QED) is 0.720. The van der Waals surface area contributed by atoms with Gasteiger partial charge in [-0.25, -0.2) is 0 Å². The summed E-state index contributed by atoms with van der Waals surface area (Å²) in [5, 5.41) is 3.79. The molecule has 0 unspecified atom stereocenters. The number of hydrogen-bond acceptors (Lipinski definition) is 2. The molecule has 1 rings (SSSR count). The molecule has 0 bridgehead atoms. The van der Waals surface area contributed by atoms with Crippen LogP contribution in [0.25, 0.3) is 0 Å². The Bertz CT molecular complexity index is 239. The van der Waals surface area contributed by atoms with Crippen molar-refractivity contribution in [2.24, 2.45) is 0 Å². The largest absolute Gasteiger partial charge is 0.307 e. The van der Waals surface area contributed by atoms with Gasteiger partial charge in [0.15, 0.2) is 0 Å².